The average molecular weight is 326 g/mol. The van der Waals surface area contributed by atoms with Crippen molar-refractivity contribution in [2.75, 3.05) is 5.88 Å². The molecule has 2 heterocycles. The van der Waals surface area contributed by atoms with Crippen molar-refractivity contribution in [3.8, 4) is 0 Å². The molecule has 1 aromatic carbocycles. The highest BCUT2D eigenvalue weighted by Crippen LogP contribution is 2.21. The van der Waals surface area contributed by atoms with Crippen LogP contribution in [0.1, 0.15) is 40.5 Å². The Morgan fingerprint density at radius 1 is 1.13 bits per heavy atom. The highest BCUT2D eigenvalue weighted by atomic mass is 35.5. The Morgan fingerprint density at radius 2 is 1.91 bits per heavy atom. The molecule has 2 nitrogen and oxygen atoms in total. The fourth-order valence-corrected chi connectivity index (χ4v) is 3.07. The van der Waals surface area contributed by atoms with Crippen molar-refractivity contribution in [3.05, 3.63) is 77.1 Å². The van der Waals surface area contributed by atoms with Gasteiger partial charge in [-0.2, -0.15) is 0 Å². The van der Waals surface area contributed by atoms with Crippen LogP contribution in [-0.4, -0.2) is 16.1 Å². The second kappa shape index (κ2) is 7.01. The predicted octanol–water partition coefficient (Wildman–Crippen LogP) is 4.90. The molecule has 2 aromatic heterocycles. The molecule has 0 atom stereocenters. The fraction of sp³-hybridized carbons (Fsp3) is 0.250. The number of carbonyl (C=O) groups is 1. The smallest absolute Gasteiger partial charge is 0.210 e. The summed E-state index contributed by atoms with van der Waals surface area (Å²) in [6.07, 6.45) is 4.71. The van der Waals surface area contributed by atoms with Crippen molar-refractivity contribution in [2.24, 2.45) is 0 Å². The molecule has 0 spiro atoms. The normalized spacial score (nSPS) is 11.0. The van der Waals surface area contributed by atoms with Gasteiger partial charge in [-0.1, -0.05) is 37.3 Å². The second-order valence-electron chi connectivity index (χ2n) is 5.69. The van der Waals surface area contributed by atoms with Crippen LogP contribution < -0.4 is 0 Å². The van der Waals surface area contributed by atoms with E-state index in [2.05, 4.69) is 13.0 Å². The van der Waals surface area contributed by atoms with Gasteiger partial charge in [0.15, 0.2) is 0 Å². The fourth-order valence-electron chi connectivity index (χ4n) is 2.93. The lowest BCUT2D eigenvalue weighted by molar-refractivity contribution is 0.103. The lowest BCUT2D eigenvalue weighted by Gasteiger charge is -2.06. The minimum Gasteiger partial charge on any atom is -0.313 e. The molecular weight excluding hydrogens is 306 g/mol. The number of rotatable bonds is 6. The van der Waals surface area contributed by atoms with E-state index in [-0.39, 0.29) is 5.78 Å². The Bertz CT molecular complexity index is 817. The van der Waals surface area contributed by atoms with Gasteiger partial charge in [-0.3, -0.25) is 4.79 Å². The van der Waals surface area contributed by atoms with E-state index in [0.717, 1.165) is 41.6 Å². The van der Waals surface area contributed by atoms with Crippen LogP contribution in [0.3, 0.4) is 0 Å². The number of hydrogen-bond acceptors (Lipinski definition) is 1. The summed E-state index contributed by atoms with van der Waals surface area (Å²) in [5, 5.41) is 0. The molecule has 3 rings (SSSR count). The first kappa shape index (κ1) is 15.8. The van der Waals surface area contributed by atoms with E-state index in [1.165, 1.54) is 5.56 Å². The number of nitrogens with zero attached hydrogens (tertiary/aromatic N) is 1. The lowest BCUT2D eigenvalue weighted by atomic mass is 10.0. The third-order valence-corrected chi connectivity index (χ3v) is 4.44. The van der Waals surface area contributed by atoms with Crippen LogP contribution >= 0.6 is 11.6 Å². The van der Waals surface area contributed by atoms with E-state index >= 15 is 0 Å². The standard InChI is InChI=1S/C20H20ClNO/c1-2-16-14-18-7-3-4-13-22(18)19(16)20(23)17-10-8-15(9-11-17)6-5-12-21/h3-4,7-11,13-14H,2,5-6,12H2,1H3. The van der Waals surface area contributed by atoms with Crippen LogP contribution in [0.2, 0.25) is 0 Å². The van der Waals surface area contributed by atoms with Crippen LogP contribution in [0.15, 0.2) is 54.7 Å². The van der Waals surface area contributed by atoms with Crippen LogP contribution in [0.25, 0.3) is 5.52 Å². The number of ketones is 1. The van der Waals surface area contributed by atoms with Gasteiger partial charge in [0.1, 0.15) is 0 Å². The molecule has 0 saturated heterocycles. The molecule has 3 aromatic rings. The number of carbonyl (C=O) groups excluding carboxylic acids is 1. The number of pyridine rings is 1. The Labute approximate surface area is 141 Å². The quantitative estimate of drug-likeness (QED) is 0.466. The first-order chi connectivity index (χ1) is 11.2. The van der Waals surface area contributed by atoms with Crippen molar-refractivity contribution in [3.63, 3.8) is 0 Å². The molecular formula is C20H20ClNO. The SMILES string of the molecule is CCc1cc2ccccn2c1C(=O)c1ccc(CCCCl)cc1. The van der Waals surface area contributed by atoms with Crippen molar-refractivity contribution >= 4 is 22.9 Å². The summed E-state index contributed by atoms with van der Waals surface area (Å²) in [6, 6.07) is 16.0. The summed E-state index contributed by atoms with van der Waals surface area (Å²) < 4.78 is 1.99. The third-order valence-electron chi connectivity index (χ3n) is 4.17. The third kappa shape index (κ3) is 3.18. The zero-order chi connectivity index (χ0) is 16.2. The van der Waals surface area contributed by atoms with Crippen LogP contribution in [0, 0.1) is 0 Å². The van der Waals surface area contributed by atoms with Gasteiger partial charge >= 0.3 is 0 Å². The molecule has 0 N–H and O–H groups in total. The Balaban J connectivity index is 1.97. The van der Waals surface area contributed by atoms with Gasteiger partial charge in [-0.15, -0.1) is 11.6 Å². The highest BCUT2D eigenvalue weighted by Gasteiger charge is 2.17. The van der Waals surface area contributed by atoms with Gasteiger partial charge in [0.2, 0.25) is 5.78 Å². The summed E-state index contributed by atoms with van der Waals surface area (Å²) in [5.41, 5.74) is 4.88. The minimum atomic E-state index is 0.0805. The zero-order valence-corrected chi connectivity index (χ0v) is 14.0. The van der Waals surface area contributed by atoms with Crippen molar-refractivity contribution < 1.29 is 4.79 Å². The molecule has 0 amide bonds. The summed E-state index contributed by atoms with van der Waals surface area (Å²) in [6.45, 7) is 2.08. The Kier molecular flexibility index (Phi) is 4.82. The van der Waals surface area contributed by atoms with E-state index in [9.17, 15) is 4.79 Å². The van der Waals surface area contributed by atoms with Crippen molar-refractivity contribution in [1.29, 1.82) is 0 Å². The molecule has 0 unspecified atom stereocenters. The van der Waals surface area contributed by atoms with Crippen molar-refractivity contribution in [1.82, 2.24) is 4.40 Å². The monoisotopic (exact) mass is 325 g/mol. The molecule has 0 bridgehead atoms. The van der Waals surface area contributed by atoms with Gasteiger partial charge in [0.05, 0.1) is 5.69 Å². The number of halogens is 1. The molecule has 0 saturated carbocycles. The molecule has 0 fully saturated rings. The minimum absolute atomic E-state index is 0.0805. The maximum absolute atomic E-state index is 13.0. The Hall–Kier alpha value is -2.06. The van der Waals surface area contributed by atoms with Gasteiger partial charge in [-0.25, -0.2) is 0 Å². The van der Waals surface area contributed by atoms with Crippen molar-refractivity contribution in [2.45, 2.75) is 26.2 Å². The maximum Gasteiger partial charge on any atom is 0.210 e. The van der Waals surface area contributed by atoms with E-state index < -0.39 is 0 Å². The number of hydrogen-bond donors (Lipinski definition) is 0. The van der Waals surface area contributed by atoms with Crippen LogP contribution in [0.4, 0.5) is 0 Å². The molecule has 0 aliphatic heterocycles. The lowest BCUT2D eigenvalue weighted by Crippen LogP contribution is -2.08. The molecule has 0 radical (unpaired) electrons. The topological polar surface area (TPSA) is 21.5 Å². The first-order valence-corrected chi connectivity index (χ1v) is 8.56. The van der Waals surface area contributed by atoms with E-state index in [4.69, 9.17) is 11.6 Å². The number of fused-ring (bicyclic) bond motifs is 1. The molecule has 0 aliphatic carbocycles. The molecule has 0 aliphatic rings. The predicted molar refractivity (Wildman–Crippen MR) is 95.7 cm³/mol. The van der Waals surface area contributed by atoms with E-state index in [1.807, 2.05) is 53.1 Å². The van der Waals surface area contributed by atoms with Crippen LogP contribution in [-0.2, 0) is 12.8 Å². The van der Waals surface area contributed by atoms with E-state index in [1.54, 1.807) is 0 Å². The summed E-state index contributed by atoms with van der Waals surface area (Å²) >= 11 is 5.73. The maximum atomic E-state index is 13.0. The molecule has 3 heteroatoms. The first-order valence-electron chi connectivity index (χ1n) is 8.03. The van der Waals surface area contributed by atoms with Gasteiger partial charge < -0.3 is 4.40 Å². The zero-order valence-electron chi connectivity index (χ0n) is 13.3. The number of aromatic nitrogens is 1. The van der Waals surface area contributed by atoms with Gasteiger partial charge in [-0.05, 0) is 48.6 Å². The Morgan fingerprint density at radius 3 is 2.61 bits per heavy atom. The number of alkyl halides is 1. The van der Waals surface area contributed by atoms with E-state index in [0.29, 0.717) is 5.88 Å². The summed E-state index contributed by atoms with van der Waals surface area (Å²) in [4.78, 5) is 13.0. The number of aryl methyl sites for hydroxylation is 2. The molecule has 118 valence electrons. The van der Waals surface area contributed by atoms with Gasteiger partial charge in [0.25, 0.3) is 0 Å². The highest BCUT2D eigenvalue weighted by molar-refractivity contribution is 6.17. The molecule has 23 heavy (non-hydrogen) atoms. The summed E-state index contributed by atoms with van der Waals surface area (Å²) in [5.74, 6) is 0.744. The summed E-state index contributed by atoms with van der Waals surface area (Å²) in [7, 11) is 0. The average Bonchev–Trinajstić information content (AvgIpc) is 2.98. The number of benzene rings is 1. The second-order valence-corrected chi connectivity index (χ2v) is 6.06. The largest absolute Gasteiger partial charge is 0.313 e. The van der Waals surface area contributed by atoms with Crippen LogP contribution in [0.5, 0.6) is 0 Å². The van der Waals surface area contributed by atoms with Gasteiger partial charge in [0, 0.05) is 23.2 Å².